The number of amides is 1. The number of esters is 2. The highest BCUT2D eigenvalue weighted by Crippen LogP contribution is 2.17. The lowest BCUT2D eigenvalue weighted by molar-refractivity contribution is -0.155. The number of carbonyl (C=O) groups is 4. The van der Waals surface area contributed by atoms with Gasteiger partial charge in [0.25, 0.3) is 11.5 Å². The normalized spacial score (nSPS) is 11.9. The summed E-state index contributed by atoms with van der Waals surface area (Å²) in [5.41, 5.74) is 6.40. The third-order valence-corrected chi connectivity index (χ3v) is 7.16. The zero-order valence-corrected chi connectivity index (χ0v) is 29.3. The molecule has 3 aromatic rings. The highest BCUT2D eigenvalue weighted by atomic mass is 16.6. The number of nitrogen functional groups attached to an aromatic ring is 1. The maximum atomic E-state index is 13.0. The van der Waals surface area contributed by atoms with E-state index < -0.39 is 29.1 Å². The van der Waals surface area contributed by atoms with Gasteiger partial charge in [0.15, 0.2) is 11.2 Å². The van der Waals surface area contributed by atoms with Crippen molar-refractivity contribution in [3.8, 4) is 0 Å². The van der Waals surface area contributed by atoms with Crippen molar-refractivity contribution in [2.24, 2.45) is 0 Å². The molecule has 0 fully saturated rings. The summed E-state index contributed by atoms with van der Waals surface area (Å²) in [6.07, 6.45) is 3.30. The first kappa shape index (κ1) is 39.5. The van der Waals surface area contributed by atoms with Crippen LogP contribution in [0.25, 0.3) is 11.2 Å². The fourth-order valence-corrected chi connectivity index (χ4v) is 4.72. The Balaban J connectivity index is 1.36. The molecule has 0 aliphatic rings. The number of nitrogens with one attached hydrogen (secondary N) is 2. The van der Waals surface area contributed by atoms with Crippen molar-refractivity contribution in [3.63, 3.8) is 0 Å². The molecule has 2 heterocycles. The van der Waals surface area contributed by atoms with Crippen LogP contribution >= 0.6 is 0 Å². The van der Waals surface area contributed by atoms with Crippen LogP contribution in [0, 0.1) is 0 Å². The van der Waals surface area contributed by atoms with Gasteiger partial charge in [-0.05, 0) is 64.3 Å². The molecule has 1 aromatic carbocycles. The maximum Gasteiger partial charge on any atom is 0.328 e. The van der Waals surface area contributed by atoms with Crippen molar-refractivity contribution < 1.29 is 38.1 Å². The first-order valence-electron chi connectivity index (χ1n) is 16.4. The number of benzene rings is 1. The molecule has 0 radical (unpaired) electrons. The number of H-pyrrole nitrogens is 1. The van der Waals surface area contributed by atoms with E-state index in [1.165, 1.54) is 13.3 Å². The van der Waals surface area contributed by atoms with Gasteiger partial charge in [0, 0.05) is 50.8 Å². The Morgan fingerprint density at radius 3 is 2.26 bits per heavy atom. The summed E-state index contributed by atoms with van der Waals surface area (Å²) in [6, 6.07) is 5.69. The number of fused-ring (bicyclic) bond motifs is 1. The van der Waals surface area contributed by atoms with Crippen LogP contribution in [0.1, 0.15) is 75.3 Å². The van der Waals surface area contributed by atoms with E-state index in [2.05, 4.69) is 25.3 Å². The molecule has 0 aliphatic heterocycles. The summed E-state index contributed by atoms with van der Waals surface area (Å²) in [6.45, 7) is 7.32. The zero-order valence-electron chi connectivity index (χ0n) is 29.3. The summed E-state index contributed by atoms with van der Waals surface area (Å²) >= 11 is 0. The van der Waals surface area contributed by atoms with Crippen molar-refractivity contribution in [3.05, 3.63) is 52.1 Å². The van der Waals surface area contributed by atoms with Crippen molar-refractivity contribution in [2.45, 2.75) is 77.5 Å². The van der Waals surface area contributed by atoms with E-state index >= 15 is 0 Å². The number of hydrogen-bond acceptors (Lipinski definition) is 14. The van der Waals surface area contributed by atoms with Gasteiger partial charge in [0.05, 0.1) is 38.8 Å². The SMILES string of the molecule is COC(=O)C(CCC(=O)CCCOCCOCCCC(=O)OC(C)(C)C)NC(=O)c1ccc(N(C)Cc2cnc3nc(N)[nH]c(=O)c3n2)cc1. The Labute approximate surface area is 290 Å². The monoisotopic (exact) mass is 697 g/mol. The van der Waals surface area contributed by atoms with Crippen LogP contribution in [0.5, 0.6) is 0 Å². The minimum atomic E-state index is -0.998. The molecular formula is C34H47N7O9. The minimum absolute atomic E-state index is 0.0418. The van der Waals surface area contributed by atoms with Gasteiger partial charge in [0.1, 0.15) is 17.4 Å². The molecule has 2 aromatic heterocycles. The van der Waals surface area contributed by atoms with Gasteiger partial charge in [-0.2, -0.15) is 4.98 Å². The summed E-state index contributed by atoms with van der Waals surface area (Å²) in [4.78, 5) is 78.4. The van der Waals surface area contributed by atoms with Gasteiger partial charge in [-0.3, -0.25) is 24.2 Å². The van der Waals surface area contributed by atoms with E-state index in [0.717, 1.165) is 5.69 Å². The summed E-state index contributed by atoms with van der Waals surface area (Å²) in [5, 5.41) is 2.67. The predicted molar refractivity (Wildman–Crippen MR) is 184 cm³/mol. The van der Waals surface area contributed by atoms with Crippen LogP contribution in [0.3, 0.4) is 0 Å². The number of hydrogen-bond donors (Lipinski definition) is 3. The average Bonchev–Trinajstić information content (AvgIpc) is 3.06. The number of methoxy groups -OCH3 is 1. The smallest absolute Gasteiger partial charge is 0.328 e. The molecule has 0 saturated carbocycles. The summed E-state index contributed by atoms with van der Waals surface area (Å²) < 4.78 is 21.1. The molecule has 0 bridgehead atoms. The van der Waals surface area contributed by atoms with E-state index in [-0.39, 0.29) is 48.1 Å². The first-order valence-corrected chi connectivity index (χ1v) is 16.4. The number of aromatic nitrogens is 4. The van der Waals surface area contributed by atoms with Crippen LogP contribution in [-0.4, -0.2) is 95.8 Å². The summed E-state index contributed by atoms with van der Waals surface area (Å²) in [5.74, 6) is -1.50. The third kappa shape index (κ3) is 13.5. The first-order chi connectivity index (χ1) is 23.8. The molecule has 1 amide bonds. The highest BCUT2D eigenvalue weighted by molar-refractivity contribution is 5.97. The molecular weight excluding hydrogens is 650 g/mol. The van der Waals surface area contributed by atoms with E-state index in [9.17, 15) is 24.0 Å². The van der Waals surface area contributed by atoms with Crippen molar-refractivity contribution in [2.75, 3.05) is 51.2 Å². The fourth-order valence-electron chi connectivity index (χ4n) is 4.72. The Morgan fingerprint density at radius 2 is 1.62 bits per heavy atom. The third-order valence-electron chi connectivity index (χ3n) is 7.16. The second-order valence-corrected chi connectivity index (χ2v) is 12.5. The maximum absolute atomic E-state index is 13.0. The molecule has 0 spiro atoms. The molecule has 4 N–H and O–H groups in total. The number of aromatic amines is 1. The van der Waals surface area contributed by atoms with E-state index in [1.54, 1.807) is 24.3 Å². The van der Waals surface area contributed by atoms with Gasteiger partial charge in [-0.25, -0.2) is 14.8 Å². The number of rotatable bonds is 20. The predicted octanol–water partition coefficient (Wildman–Crippen LogP) is 2.49. The molecule has 0 saturated heterocycles. The topological polar surface area (TPSA) is 218 Å². The molecule has 16 heteroatoms. The second kappa shape index (κ2) is 19.3. The lowest BCUT2D eigenvalue weighted by Gasteiger charge is -2.20. The van der Waals surface area contributed by atoms with Gasteiger partial charge in [-0.1, -0.05) is 0 Å². The van der Waals surface area contributed by atoms with Crippen molar-refractivity contribution >= 4 is 46.4 Å². The number of Topliss-reactive ketones (excluding diaryl/α,β-unsaturated/α-hetero) is 1. The molecule has 16 nitrogen and oxygen atoms in total. The molecule has 1 atom stereocenters. The molecule has 3 rings (SSSR count). The number of nitrogens with zero attached hydrogens (tertiary/aromatic N) is 4. The molecule has 1 unspecified atom stereocenters. The fraction of sp³-hybridized carbons (Fsp3) is 0.529. The Kier molecular flexibility index (Phi) is 15.2. The van der Waals surface area contributed by atoms with Crippen LogP contribution in [0.4, 0.5) is 11.6 Å². The quantitative estimate of drug-likeness (QED) is 0.114. The summed E-state index contributed by atoms with van der Waals surface area (Å²) in [7, 11) is 3.04. The Morgan fingerprint density at radius 1 is 0.960 bits per heavy atom. The van der Waals surface area contributed by atoms with Crippen LogP contribution in [-0.2, 0) is 39.9 Å². The zero-order chi connectivity index (χ0) is 36.7. The number of ether oxygens (including phenoxy) is 4. The van der Waals surface area contributed by atoms with Gasteiger partial charge >= 0.3 is 11.9 Å². The molecule has 272 valence electrons. The Hall–Kier alpha value is -4.96. The number of nitrogens with two attached hydrogens (primary N) is 1. The standard InChI is InChI=1S/C34H47N7O9/c1-34(2,3)50-27(43)9-7-17-49-19-18-48-16-6-8-25(42)14-15-26(32(46)47-5)38-30(44)22-10-12-24(13-11-22)41(4)21-23-20-36-29-28(37-23)31(45)40-33(35)39-29/h10-13,20,26H,6-9,14-19,21H2,1-5H3,(H,38,44)(H3,35,36,39,40,45). The number of ketones is 1. The van der Waals surface area contributed by atoms with E-state index in [1.807, 2.05) is 32.7 Å². The van der Waals surface area contributed by atoms with Gasteiger partial charge < -0.3 is 34.9 Å². The molecule has 0 aliphatic carbocycles. The number of carbonyl (C=O) groups excluding carboxylic acids is 4. The van der Waals surface area contributed by atoms with E-state index in [4.69, 9.17) is 24.7 Å². The van der Waals surface area contributed by atoms with Crippen molar-refractivity contribution in [1.29, 1.82) is 0 Å². The lowest BCUT2D eigenvalue weighted by Crippen LogP contribution is -2.41. The van der Waals surface area contributed by atoms with Gasteiger partial charge in [0.2, 0.25) is 5.95 Å². The Bertz CT molecular complexity index is 1660. The van der Waals surface area contributed by atoms with E-state index in [0.29, 0.717) is 63.5 Å². The second-order valence-electron chi connectivity index (χ2n) is 12.5. The van der Waals surface area contributed by atoms with Gasteiger partial charge in [-0.15, -0.1) is 0 Å². The highest BCUT2D eigenvalue weighted by Gasteiger charge is 2.23. The molecule has 50 heavy (non-hydrogen) atoms. The minimum Gasteiger partial charge on any atom is -0.467 e. The van der Waals surface area contributed by atoms with Crippen LogP contribution in [0.2, 0.25) is 0 Å². The average molecular weight is 698 g/mol. The van der Waals surface area contributed by atoms with Crippen LogP contribution in [0.15, 0.2) is 35.3 Å². The van der Waals surface area contributed by atoms with Crippen molar-refractivity contribution in [1.82, 2.24) is 25.3 Å². The number of anilines is 2. The van der Waals surface area contributed by atoms with Crippen LogP contribution < -0.4 is 21.5 Å². The largest absolute Gasteiger partial charge is 0.467 e. The lowest BCUT2D eigenvalue weighted by atomic mass is 10.1.